The van der Waals surface area contributed by atoms with Crippen LogP contribution in [0, 0.1) is 5.92 Å². The molecule has 88 valence electrons. The van der Waals surface area contributed by atoms with E-state index in [1.54, 1.807) is 12.5 Å². The standard InChI is InChI=1S/C12H19N3O/c1-2-3-10-4-5-15(12(16)6-10)8-11-7-13-9-14-11/h7,9-10H,2-6,8H2,1H3,(H,13,14). The zero-order chi connectivity index (χ0) is 11.4. The van der Waals surface area contributed by atoms with Crippen molar-refractivity contribution < 1.29 is 4.79 Å². The van der Waals surface area contributed by atoms with Gasteiger partial charge in [-0.2, -0.15) is 0 Å². The number of nitrogens with one attached hydrogen (secondary N) is 1. The predicted octanol–water partition coefficient (Wildman–Crippen LogP) is 1.95. The minimum absolute atomic E-state index is 0.291. The van der Waals surface area contributed by atoms with Crippen molar-refractivity contribution in [1.82, 2.24) is 14.9 Å². The molecule has 4 nitrogen and oxygen atoms in total. The molecule has 1 unspecified atom stereocenters. The fourth-order valence-corrected chi connectivity index (χ4v) is 2.34. The highest BCUT2D eigenvalue weighted by Gasteiger charge is 2.25. The molecule has 4 heteroatoms. The van der Waals surface area contributed by atoms with Crippen LogP contribution in [0.1, 0.15) is 38.3 Å². The number of likely N-dealkylation sites (tertiary alicyclic amines) is 1. The Kier molecular flexibility index (Phi) is 3.59. The number of carbonyl (C=O) groups is 1. The van der Waals surface area contributed by atoms with Crippen molar-refractivity contribution in [3.63, 3.8) is 0 Å². The van der Waals surface area contributed by atoms with Crippen LogP contribution < -0.4 is 0 Å². The van der Waals surface area contributed by atoms with E-state index in [0.717, 1.165) is 25.1 Å². The monoisotopic (exact) mass is 221 g/mol. The van der Waals surface area contributed by atoms with E-state index < -0.39 is 0 Å². The Morgan fingerprint density at radius 2 is 2.50 bits per heavy atom. The highest BCUT2D eigenvalue weighted by atomic mass is 16.2. The molecular formula is C12H19N3O. The van der Waals surface area contributed by atoms with Crippen LogP contribution >= 0.6 is 0 Å². The summed E-state index contributed by atoms with van der Waals surface area (Å²) in [4.78, 5) is 20.8. The summed E-state index contributed by atoms with van der Waals surface area (Å²) in [5.74, 6) is 0.898. The van der Waals surface area contributed by atoms with Gasteiger partial charge in [0, 0.05) is 19.2 Å². The lowest BCUT2D eigenvalue weighted by atomic mass is 9.92. The Hall–Kier alpha value is -1.32. The van der Waals surface area contributed by atoms with Crippen LogP contribution in [0.15, 0.2) is 12.5 Å². The van der Waals surface area contributed by atoms with Crippen LogP contribution in [-0.2, 0) is 11.3 Å². The van der Waals surface area contributed by atoms with Crippen LogP contribution in [0.25, 0.3) is 0 Å². The highest BCUT2D eigenvalue weighted by molar-refractivity contribution is 5.77. The normalized spacial score (nSPS) is 21.4. The van der Waals surface area contributed by atoms with Gasteiger partial charge in [0.1, 0.15) is 0 Å². The van der Waals surface area contributed by atoms with E-state index in [-0.39, 0.29) is 0 Å². The summed E-state index contributed by atoms with van der Waals surface area (Å²) in [6.45, 7) is 3.75. The van der Waals surface area contributed by atoms with Crippen molar-refractivity contribution in [1.29, 1.82) is 0 Å². The first-order chi connectivity index (χ1) is 7.79. The number of hydrogen-bond donors (Lipinski definition) is 1. The Morgan fingerprint density at radius 3 is 3.12 bits per heavy atom. The number of nitrogens with zero attached hydrogens (tertiary/aromatic N) is 2. The Balaban J connectivity index is 1.87. The van der Waals surface area contributed by atoms with Crippen molar-refractivity contribution in [3.8, 4) is 0 Å². The van der Waals surface area contributed by atoms with Gasteiger partial charge in [-0.15, -0.1) is 0 Å². The molecule has 0 saturated carbocycles. The van der Waals surface area contributed by atoms with Crippen molar-refractivity contribution in [2.75, 3.05) is 6.54 Å². The van der Waals surface area contributed by atoms with Gasteiger partial charge < -0.3 is 9.88 Å². The third kappa shape index (κ3) is 2.62. The second-order valence-corrected chi connectivity index (χ2v) is 4.54. The average Bonchev–Trinajstić information content (AvgIpc) is 2.75. The van der Waals surface area contributed by atoms with Crippen molar-refractivity contribution in [2.45, 2.75) is 39.2 Å². The molecule has 1 amide bonds. The Bertz CT molecular complexity index is 334. The maximum atomic E-state index is 11.9. The van der Waals surface area contributed by atoms with Crippen LogP contribution in [-0.4, -0.2) is 27.3 Å². The molecule has 1 N–H and O–H groups in total. The molecule has 0 radical (unpaired) electrons. The van der Waals surface area contributed by atoms with E-state index in [4.69, 9.17) is 0 Å². The second-order valence-electron chi connectivity index (χ2n) is 4.54. The van der Waals surface area contributed by atoms with Gasteiger partial charge in [0.15, 0.2) is 0 Å². The van der Waals surface area contributed by atoms with Crippen molar-refractivity contribution in [3.05, 3.63) is 18.2 Å². The zero-order valence-corrected chi connectivity index (χ0v) is 9.78. The summed E-state index contributed by atoms with van der Waals surface area (Å²) >= 11 is 0. The van der Waals surface area contributed by atoms with Crippen molar-refractivity contribution >= 4 is 5.91 Å². The first-order valence-corrected chi connectivity index (χ1v) is 6.04. The smallest absolute Gasteiger partial charge is 0.223 e. The van der Waals surface area contributed by atoms with Gasteiger partial charge in [-0.3, -0.25) is 4.79 Å². The Labute approximate surface area is 96.1 Å². The SMILES string of the molecule is CCCC1CCN(Cc2cnc[nH]2)C(=O)C1. The number of amides is 1. The van der Waals surface area contributed by atoms with E-state index >= 15 is 0 Å². The van der Waals surface area contributed by atoms with Gasteiger partial charge in [0.05, 0.1) is 18.6 Å². The molecule has 16 heavy (non-hydrogen) atoms. The van der Waals surface area contributed by atoms with Crippen LogP contribution in [0.3, 0.4) is 0 Å². The summed E-state index contributed by atoms with van der Waals surface area (Å²) < 4.78 is 0. The number of H-pyrrole nitrogens is 1. The fraction of sp³-hybridized carbons (Fsp3) is 0.667. The van der Waals surface area contributed by atoms with E-state index in [0.29, 0.717) is 18.4 Å². The first kappa shape index (κ1) is 11.2. The minimum atomic E-state index is 0.291. The first-order valence-electron chi connectivity index (χ1n) is 6.04. The molecule has 0 bridgehead atoms. The lowest BCUT2D eigenvalue weighted by molar-refractivity contribution is -0.135. The minimum Gasteiger partial charge on any atom is -0.347 e. The maximum Gasteiger partial charge on any atom is 0.223 e. The molecule has 1 aromatic heterocycles. The molecule has 0 aliphatic carbocycles. The number of rotatable bonds is 4. The van der Waals surface area contributed by atoms with Crippen LogP contribution in [0.4, 0.5) is 0 Å². The van der Waals surface area contributed by atoms with Gasteiger partial charge in [-0.05, 0) is 12.3 Å². The zero-order valence-electron chi connectivity index (χ0n) is 9.78. The summed E-state index contributed by atoms with van der Waals surface area (Å²) in [5.41, 5.74) is 1.02. The molecule has 1 aromatic rings. The van der Waals surface area contributed by atoms with Crippen LogP contribution in [0.5, 0.6) is 0 Å². The topological polar surface area (TPSA) is 49.0 Å². The Morgan fingerprint density at radius 1 is 1.62 bits per heavy atom. The predicted molar refractivity (Wildman–Crippen MR) is 61.6 cm³/mol. The molecule has 2 rings (SSSR count). The molecule has 1 fully saturated rings. The lowest BCUT2D eigenvalue weighted by Crippen LogP contribution is -2.38. The quantitative estimate of drug-likeness (QED) is 0.844. The lowest BCUT2D eigenvalue weighted by Gasteiger charge is -2.31. The molecule has 2 heterocycles. The molecule has 0 spiro atoms. The van der Waals surface area contributed by atoms with E-state index in [9.17, 15) is 4.79 Å². The number of carbonyl (C=O) groups excluding carboxylic acids is 1. The van der Waals surface area contributed by atoms with Crippen LogP contribution in [0.2, 0.25) is 0 Å². The van der Waals surface area contributed by atoms with Gasteiger partial charge in [-0.25, -0.2) is 4.98 Å². The van der Waals surface area contributed by atoms with Gasteiger partial charge >= 0.3 is 0 Å². The van der Waals surface area contributed by atoms with Gasteiger partial charge in [-0.1, -0.05) is 19.8 Å². The summed E-state index contributed by atoms with van der Waals surface area (Å²) in [7, 11) is 0. The largest absolute Gasteiger partial charge is 0.347 e. The summed E-state index contributed by atoms with van der Waals surface area (Å²) in [6.07, 6.45) is 7.67. The third-order valence-electron chi connectivity index (χ3n) is 3.24. The maximum absolute atomic E-state index is 11.9. The third-order valence-corrected chi connectivity index (χ3v) is 3.24. The average molecular weight is 221 g/mol. The van der Waals surface area contributed by atoms with E-state index in [1.165, 1.54) is 12.8 Å². The number of imidazole rings is 1. The number of aromatic amines is 1. The fourth-order valence-electron chi connectivity index (χ4n) is 2.34. The number of piperidine rings is 1. The summed E-state index contributed by atoms with van der Waals surface area (Å²) in [6, 6.07) is 0. The van der Waals surface area contributed by atoms with E-state index in [1.807, 2.05) is 4.90 Å². The molecule has 1 aliphatic rings. The highest BCUT2D eigenvalue weighted by Crippen LogP contribution is 2.23. The molecule has 1 atom stereocenters. The molecular weight excluding hydrogens is 202 g/mol. The van der Waals surface area contributed by atoms with Gasteiger partial charge in [0.25, 0.3) is 0 Å². The van der Waals surface area contributed by atoms with Crippen molar-refractivity contribution in [2.24, 2.45) is 5.92 Å². The van der Waals surface area contributed by atoms with E-state index in [2.05, 4.69) is 16.9 Å². The molecule has 1 aliphatic heterocycles. The summed E-state index contributed by atoms with van der Waals surface area (Å²) in [5, 5.41) is 0. The number of aromatic nitrogens is 2. The van der Waals surface area contributed by atoms with Gasteiger partial charge in [0.2, 0.25) is 5.91 Å². The number of hydrogen-bond acceptors (Lipinski definition) is 2. The molecule has 1 saturated heterocycles. The second kappa shape index (κ2) is 5.14. The molecule has 0 aromatic carbocycles.